The van der Waals surface area contributed by atoms with Gasteiger partial charge in [0.25, 0.3) is 5.91 Å². The van der Waals surface area contributed by atoms with Crippen molar-refractivity contribution in [2.75, 3.05) is 20.3 Å². The zero-order valence-electron chi connectivity index (χ0n) is 13.5. The number of amides is 1. The van der Waals surface area contributed by atoms with E-state index in [9.17, 15) is 4.79 Å². The quantitative estimate of drug-likeness (QED) is 0.854. The Labute approximate surface area is 135 Å². The minimum Gasteiger partial charge on any atom is -0.497 e. The van der Waals surface area contributed by atoms with Crippen molar-refractivity contribution in [2.45, 2.75) is 38.3 Å². The molecule has 5 heteroatoms. The Kier molecular flexibility index (Phi) is 3.53. The highest BCUT2D eigenvalue weighted by Gasteiger charge is 2.39. The first kappa shape index (κ1) is 14.6. The van der Waals surface area contributed by atoms with Crippen LogP contribution in [0, 0.1) is 6.92 Å². The van der Waals surface area contributed by atoms with Crippen molar-refractivity contribution in [3.05, 3.63) is 29.5 Å². The van der Waals surface area contributed by atoms with E-state index in [1.165, 1.54) is 0 Å². The van der Waals surface area contributed by atoms with Crippen molar-refractivity contribution < 1.29 is 18.7 Å². The molecule has 1 aliphatic carbocycles. The highest BCUT2D eigenvalue weighted by atomic mass is 16.5. The van der Waals surface area contributed by atoms with Gasteiger partial charge >= 0.3 is 0 Å². The van der Waals surface area contributed by atoms with Crippen LogP contribution < -0.4 is 4.74 Å². The number of morpholine rings is 1. The van der Waals surface area contributed by atoms with Gasteiger partial charge in [-0.15, -0.1) is 0 Å². The minimum atomic E-state index is 0.0507. The lowest BCUT2D eigenvalue weighted by Gasteiger charge is -2.37. The van der Waals surface area contributed by atoms with Gasteiger partial charge in [0.15, 0.2) is 0 Å². The number of aryl methyl sites for hydroxylation is 1. The van der Waals surface area contributed by atoms with Gasteiger partial charge in [0.2, 0.25) is 0 Å². The predicted octanol–water partition coefficient (Wildman–Crippen LogP) is 3.14. The van der Waals surface area contributed by atoms with Crippen molar-refractivity contribution in [1.29, 1.82) is 0 Å². The standard InChI is InChI=1S/C18H21NO4/c1-11-17(13-10-12(21-2)6-7-15(13)23-11)18(20)19-8-9-22-16-5-3-4-14(16)19/h6-7,10,14,16H,3-5,8-9H2,1-2H3. The molecule has 1 aliphatic heterocycles. The normalized spacial score (nSPS) is 24.0. The number of rotatable bonds is 2. The van der Waals surface area contributed by atoms with Gasteiger partial charge in [-0.25, -0.2) is 0 Å². The molecule has 2 unspecified atom stereocenters. The topological polar surface area (TPSA) is 51.9 Å². The zero-order chi connectivity index (χ0) is 16.0. The molecule has 1 saturated heterocycles. The average Bonchev–Trinajstić information content (AvgIpc) is 3.16. The highest BCUT2D eigenvalue weighted by Crippen LogP contribution is 2.34. The lowest BCUT2D eigenvalue weighted by atomic mass is 10.1. The Balaban J connectivity index is 1.75. The van der Waals surface area contributed by atoms with Gasteiger partial charge in [0, 0.05) is 11.9 Å². The fourth-order valence-corrected chi connectivity index (χ4v) is 3.91. The van der Waals surface area contributed by atoms with Gasteiger partial charge in [0.05, 0.1) is 31.4 Å². The summed E-state index contributed by atoms with van der Waals surface area (Å²) in [5, 5.41) is 0.827. The zero-order valence-corrected chi connectivity index (χ0v) is 13.5. The van der Waals surface area contributed by atoms with E-state index < -0.39 is 0 Å². The lowest BCUT2D eigenvalue weighted by molar-refractivity contribution is -0.0445. The number of hydrogen-bond donors (Lipinski definition) is 0. The Morgan fingerprint density at radius 2 is 2.22 bits per heavy atom. The molecule has 2 aliphatic rings. The van der Waals surface area contributed by atoms with E-state index >= 15 is 0 Å². The molecule has 0 spiro atoms. The molecule has 1 saturated carbocycles. The predicted molar refractivity (Wildman–Crippen MR) is 85.9 cm³/mol. The molecular formula is C18H21NO4. The van der Waals surface area contributed by atoms with E-state index in [2.05, 4.69) is 0 Å². The van der Waals surface area contributed by atoms with Crippen LogP contribution >= 0.6 is 0 Å². The van der Waals surface area contributed by atoms with Crippen LogP contribution in [0.1, 0.15) is 35.4 Å². The van der Waals surface area contributed by atoms with Gasteiger partial charge < -0.3 is 18.8 Å². The number of methoxy groups -OCH3 is 1. The summed E-state index contributed by atoms with van der Waals surface area (Å²) in [5.74, 6) is 1.45. The van der Waals surface area contributed by atoms with E-state index in [1.807, 2.05) is 30.0 Å². The summed E-state index contributed by atoms with van der Waals surface area (Å²) >= 11 is 0. The first-order chi connectivity index (χ1) is 11.2. The van der Waals surface area contributed by atoms with Crippen LogP contribution in [-0.4, -0.2) is 43.2 Å². The van der Waals surface area contributed by atoms with Crippen LogP contribution in [0.25, 0.3) is 11.0 Å². The number of fused-ring (bicyclic) bond motifs is 2. The van der Waals surface area contributed by atoms with Crippen LogP contribution in [0.15, 0.2) is 22.6 Å². The molecule has 1 aromatic carbocycles. The average molecular weight is 315 g/mol. The molecule has 2 fully saturated rings. The van der Waals surface area contributed by atoms with Crippen molar-refractivity contribution >= 4 is 16.9 Å². The number of ether oxygens (including phenoxy) is 2. The molecule has 2 aromatic rings. The molecular weight excluding hydrogens is 294 g/mol. The molecule has 0 bridgehead atoms. The minimum absolute atomic E-state index is 0.0507. The number of furan rings is 1. The fraction of sp³-hybridized carbons (Fsp3) is 0.500. The Morgan fingerprint density at radius 3 is 3.04 bits per heavy atom. The summed E-state index contributed by atoms with van der Waals surface area (Å²) in [6, 6.07) is 5.79. The largest absolute Gasteiger partial charge is 0.497 e. The van der Waals surface area contributed by atoms with E-state index in [0.717, 1.165) is 36.0 Å². The van der Waals surface area contributed by atoms with Crippen molar-refractivity contribution in [1.82, 2.24) is 4.90 Å². The van der Waals surface area contributed by atoms with Crippen LogP contribution in [-0.2, 0) is 4.74 Å². The number of carbonyl (C=O) groups is 1. The maximum Gasteiger partial charge on any atom is 0.258 e. The third-order valence-electron chi connectivity index (χ3n) is 5.03. The number of benzene rings is 1. The summed E-state index contributed by atoms with van der Waals surface area (Å²) in [6.07, 6.45) is 3.39. The lowest BCUT2D eigenvalue weighted by Crippen LogP contribution is -2.51. The second kappa shape index (κ2) is 5.57. The Bertz CT molecular complexity index is 751. The summed E-state index contributed by atoms with van der Waals surface area (Å²) < 4.78 is 16.9. The third-order valence-corrected chi connectivity index (χ3v) is 5.03. The molecule has 23 heavy (non-hydrogen) atoms. The van der Waals surface area contributed by atoms with Gasteiger partial charge in [0.1, 0.15) is 17.1 Å². The molecule has 0 radical (unpaired) electrons. The molecule has 1 aromatic heterocycles. The summed E-state index contributed by atoms with van der Waals surface area (Å²) in [7, 11) is 1.63. The van der Waals surface area contributed by atoms with Gasteiger partial charge in [-0.3, -0.25) is 4.79 Å². The maximum absolute atomic E-state index is 13.2. The Hall–Kier alpha value is -2.01. The highest BCUT2D eigenvalue weighted by molar-refractivity contribution is 6.07. The molecule has 2 heterocycles. The first-order valence-electron chi connectivity index (χ1n) is 8.19. The molecule has 122 valence electrons. The summed E-state index contributed by atoms with van der Waals surface area (Å²) in [4.78, 5) is 15.2. The van der Waals surface area contributed by atoms with Crippen LogP contribution in [0.4, 0.5) is 0 Å². The van der Waals surface area contributed by atoms with Crippen molar-refractivity contribution in [2.24, 2.45) is 0 Å². The molecule has 2 atom stereocenters. The second-order valence-electron chi connectivity index (χ2n) is 6.30. The summed E-state index contributed by atoms with van der Waals surface area (Å²) in [6.45, 7) is 3.12. The SMILES string of the molecule is COc1ccc2oc(C)c(C(=O)N3CCOC4CCCC43)c2c1. The molecule has 4 rings (SSSR count). The summed E-state index contributed by atoms with van der Waals surface area (Å²) in [5.41, 5.74) is 1.38. The van der Waals surface area contributed by atoms with Crippen LogP contribution in [0.5, 0.6) is 5.75 Å². The second-order valence-corrected chi connectivity index (χ2v) is 6.30. The monoisotopic (exact) mass is 315 g/mol. The molecule has 5 nitrogen and oxygen atoms in total. The van der Waals surface area contributed by atoms with Gasteiger partial charge in [-0.2, -0.15) is 0 Å². The maximum atomic E-state index is 13.2. The van der Waals surface area contributed by atoms with E-state index in [1.54, 1.807) is 7.11 Å². The number of hydrogen-bond acceptors (Lipinski definition) is 4. The van der Waals surface area contributed by atoms with E-state index in [-0.39, 0.29) is 18.1 Å². The number of carbonyl (C=O) groups excluding carboxylic acids is 1. The fourth-order valence-electron chi connectivity index (χ4n) is 3.91. The first-order valence-corrected chi connectivity index (χ1v) is 8.19. The van der Waals surface area contributed by atoms with E-state index in [4.69, 9.17) is 13.9 Å². The molecule has 0 N–H and O–H groups in total. The molecule has 1 amide bonds. The number of nitrogens with zero attached hydrogens (tertiary/aromatic N) is 1. The van der Waals surface area contributed by atoms with E-state index in [0.29, 0.717) is 24.5 Å². The van der Waals surface area contributed by atoms with Crippen LogP contribution in [0.2, 0.25) is 0 Å². The third kappa shape index (κ3) is 2.30. The van der Waals surface area contributed by atoms with Crippen molar-refractivity contribution in [3.63, 3.8) is 0 Å². The van der Waals surface area contributed by atoms with Gasteiger partial charge in [-0.05, 0) is 44.4 Å². The van der Waals surface area contributed by atoms with Crippen LogP contribution in [0.3, 0.4) is 0 Å². The Morgan fingerprint density at radius 1 is 1.35 bits per heavy atom. The van der Waals surface area contributed by atoms with Crippen molar-refractivity contribution in [3.8, 4) is 5.75 Å². The smallest absolute Gasteiger partial charge is 0.258 e. The van der Waals surface area contributed by atoms with Gasteiger partial charge in [-0.1, -0.05) is 0 Å².